The molecule has 128 valence electrons. The summed E-state index contributed by atoms with van der Waals surface area (Å²) in [5.41, 5.74) is -0.218. The average molecular weight is 334 g/mol. The number of carbonyl (C=O) groups is 1. The number of hydrogen-bond donors (Lipinski definition) is 1. The molecule has 0 bridgehead atoms. The van der Waals surface area contributed by atoms with Crippen LogP contribution in [0.4, 0.5) is 14.5 Å². The Kier molecular flexibility index (Phi) is 6.64. The van der Waals surface area contributed by atoms with E-state index in [2.05, 4.69) is 4.74 Å². The maximum Gasteiger partial charge on any atom is 0.387 e. The molecular weight excluding hydrogens is 318 g/mol. The highest BCUT2D eigenvalue weighted by Crippen LogP contribution is 2.36. The largest absolute Gasteiger partial charge is 0.493 e. The van der Waals surface area contributed by atoms with E-state index in [4.69, 9.17) is 9.84 Å². The molecule has 1 rings (SSSR count). The number of hydrogen-bond acceptors (Lipinski definition) is 6. The van der Waals surface area contributed by atoms with Crippen LogP contribution in [0.1, 0.15) is 12.0 Å². The van der Waals surface area contributed by atoms with Crippen molar-refractivity contribution in [2.45, 2.75) is 19.6 Å². The smallest absolute Gasteiger partial charge is 0.387 e. The Morgan fingerprint density at radius 3 is 2.57 bits per heavy atom. The summed E-state index contributed by atoms with van der Waals surface area (Å²) in [5, 5.41) is 19.7. The molecule has 8 nitrogen and oxygen atoms in total. The number of nitro groups is 1. The Morgan fingerprint density at radius 1 is 1.43 bits per heavy atom. The molecule has 1 aromatic rings. The van der Waals surface area contributed by atoms with Crippen molar-refractivity contribution in [3.05, 3.63) is 27.8 Å². The fraction of sp³-hybridized carbons (Fsp3) is 0.462. The van der Waals surface area contributed by atoms with Gasteiger partial charge in [-0.2, -0.15) is 8.78 Å². The van der Waals surface area contributed by atoms with Crippen LogP contribution in [0.5, 0.6) is 11.5 Å². The van der Waals surface area contributed by atoms with Crippen molar-refractivity contribution >= 4 is 11.7 Å². The summed E-state index contributed by atoms with van der Waals surface area (Å²) in [7, 11) is 2.81. The van der Waals surface area contributed by atoms with E-state index in [-0.39, 0.29) is 30.8 Å². The highest BCUT2D eigenvalue weighted by molar-refractivity contribution is 5.66. The fourth-order valence-corrected chi connectivity index (χ4v) is 1.89. The van der Waals surface area contributed by atoms with Crippen LogP contribution >= 0.6 is 0 Å². The minimum Gasteiger partial charge on any atom is -0.493 e. The number of benzene rings is 1. The molecule has 0 atom stereocenters. The molecule has 0 unspecified atom stereocenters. The molecule has 1 N–H and O–H groups in total. The first-order valence-electron chi connectivity index (χ1n) is 6.45. The van der Waals surface area contributed by atoms with Gasteiger partial charge in [-0.05, 0) is 13.1 Å². The molecule has 0 aliphatic rings. The van der Waals surface area contributed by atoms with Crippen molar-refractivity contribution in [2.24, 2.45) is 0 Å². The first kappa shape index (κ1) is 18.6. The molecule has 0 amide bonds. The van der Waals surface area contributed by atoms with Gasteiger partial charge in [-0.3, -0.25) is 14.9 Å². The maximum absolute atomic E-state index is 12.3. The van der Waals surface area contributed by atoms with E-state index in [1.807, 2.05) is 0 Å². The van der Waals surface area contributed by atoms with Gasteiger partial charge in [-0.15, -0.1) is 0 Å². The molecule has 0 saturated heterocycles. The first-order chi connectivity index (χ1) is 10.7. The zero-order valence-corrected chi connectivity index (χ0v) is 12.5. The Labute approximate surface area is 130 Å². The van der Waals surface area contributed by atoms with E-state index < -0.39 is 28.9 Å². The Bertz CT molecular complexity index is 582. The van der Waals surface area contributed by atoms with Crippen LogP contribution in [-0.4, -0.2) is 48.2 Å². The van der Waals surface area contributed by atoms with Crippen molar-refractivity contribution in [1.29, 1.82) is 0 Å². The molecular formula is C13H16F2N2O6. The van der Waals surface area contributed by atoms with E-state index in [0.29, 0.717) is 0 Å². The second-order valence-electron chi connectivity index (χ2n) is 4.65. The number of halogens is 2. The predicted molar refractivity (Wildman–Crippen MR) is 74.9 cm³/mol. The zero-order chi connectivity index (χ0) is 17.6. The lowest BCUT2D eigenvalue weighted by molar-refractivity contribution is -0.385. The molecule has 10 heteroatoms. The normalized spacial score (nSPS) is 10.9. The van der Waals surface area contributed by atoms with E-state index in [9.17, 15) is 23.7 Å². The monoisotopic (exact) mass is 334 g/mol. The molecule has 1 aromatic carbocycles. The fourth-order valence-electron chi connectivity index (χ4n) is 1.89. The summed E-state index contributed by atoms with van der Waals surface area (Å²) in [5.74, 6) is -1.51. The maximum atomic E-state index is 12.3. The standard InChI is InChI=1S/C13H16F2N2O6/c1-16(4-3-12(18)19)7-8-5-10(22-2)11(23-13(14)15)6-9(8)17(20)21/h5-6,13H,3-4,7H2,1-2H3,(H,18,19). The average Bonchev–Trinajstić information content (AvgIpc) is 2.45. The number of ether oxygens (including phenoxy) is 2. The molecule has 0 fully saturated rings. The first-order valence-corrected chi connectivity index (χ1v) is 6.45. The molecule has 0 spiro atoms. The number of aliphatic carboxylic acids is 1. The lowest BCUT2D eigenvalue weighted by atomic mass is 10.1. The minimum absolute atomic E-state index is 0.0505. The van der Waals surface area contributed by atoms with E-state index in [0.717, 1.165) is 6.07 Å². The third-order valence-corrected chi connectivity index (χ3v) is 2.93. The summed E-state index contributed by atoms with van der Waals surface area (Å²) in [6.45, 7) is -2.92. The van der Waals surface area contributed by atoms with Gasteiger partial charge in [-0.1, -0.05) is 0 Å². The topological polar surface area (TPSA) is 102 Å². The molecule has 0 radical (unpaired) electrons. The second kappa shape index (κ2) is 8.22. The van der Waals surface area contributed by atoms with Crippen molar-refractivity contribution in [3.8, 4) is 11.5 Å². The van der Waals surface area contributed by atoms with Crippen LogP contribution in [-0.2, 0) is 11.3 Å². The van der Waals surface area contributed by atoms with Gasteiger partial charge in [0.15, 0.2) is 11.5 Å². The molecule has 0 aliphatic carbocycles. The number of rotatable bonds is 9. The van der Waals surface area contributed by atoms with Crippen LogP contribution in [0, 0.1) is 10.1 Å². The molecule has 0 heterocycles. The SMILES string of the molecule is COc1cc(CN(C)CCC(=O)O)c([N+](=O)[O-])cc1OC(F)F. The quantitative estimate of drug-likeness (QED) is 0.545. The predicted octanol–water partition coefficient (Wildman–Crippen LogP) is 2.11. The van der Waals surface area contributed by atoms with Gasteiger partial charge < -0.3 is 19.5 Å². The zero-order valence-electron chi connectivity index (χ0n) is 12.5. The van der Waals surface area contributed by atoms with E-state index in [1.165, 1.54) is 13.2 Å². The molecule has 0 aliphatic heterocycles. The van der Waals surface area contributed by atoms with Crippen LogP contribution in [0.2, 0.25) is 0 Å². The Hall–Kier alpha value is -2.49. The van der Waals surface area contributed by atoms with Crippen LogP contribution in [0.3, 0.4) is 0 Å². The van der Waals surface area contributed by atoms with Gasteiger partial charge in [0, 0.05) is 18.7 Å². The number of methoxy groups -OCH3 is 1. The van der Waals surface area contributed by atoms with Crippen LogP contribution in [0.15, 0.2) is 12.1 Å². The number of nitro benzene ring substituents is 1. The summed E-state index contributed by atoms with van der Waals surface area (Å²) in [6, 6.07) is 2.10. The third kappa shape index (κ3) is 5.66. The van der Waals surface area contributed by atoms with Crippen LogP contribution < -0.4 is 9.47 Å². The number of carboxylic acid groups (broad SMARTS) is 1. The van der Waals surface area contributed by atoms with Gasteiger partial charge >= 0.3 is 12.6 Å². The lowest BCUT2D eigenvalue weighted by Crippen LogP contribution is -2.22. The van der Waals surface area contributed by atoms with Gasteiger partial charge in [0.2, 0.25) is 0 Å². The van der Waals surface area contributed by atoms with Gasteiger partial charge in [0.05, 0.1) is 24.5 Å². The van der Waals surface area contributed by atoms with E-state index in [1.54, 1.807) is 11.9 Å². The summed E-state index contributed by atoms with van der Waals surface area (Å²) >= 11 is 0. The van der Waals surface area contributed by atoms with Gasteiger partial charge in [-0.25, -0.2) is 0 Å². The molecule has 0 saturated carbocycles. The van der Waals surface area contributed by atoms with Gasteiger partial charge in [0.25, 0.3) is 5.69 Å². The summed E-state index contributed by atoms with van der Waals surface area (Å²) < 4.78 is 33.8. The number of nitrogens with zero attached hydrogens (tertiary/aromatic N) is 2. The number of alkyl halides is 2. The number of carboxylic acids is 1. The third-order valence-electron chi connectivity index (χ3n) is 2.93. The van der Waals surface area contributed by atoms with E-state index >= 15 is 0 Å². The molecule has 23 heavy (non-hydrogen) atoms. The van der Waals surface area contributed by atoms with Crippen molar-refractivity contribution < 1.29 is 33.1 Å². The van der Waals surface area contributed by atoms with Crippen molar-refractivity contribution in [1.82, 2.24) is 4.90 Å². The Morgan fingerprint density at radius 2 is 2.09 bits per heavy atom. The summed E-state index contributed by atoms with van der Waals surface area (Å²) in [4.78, 5) is 22.5. The Balaban J connectivity index is 3.09. The van der Waals surface area contributed by atoms with Crippen LogP contribution in [0.25, 0.3) is 0 Å². The summed E-state index contributed by atoms with van der Waals surface area (Å²) in [6.07, 6.45) is -0.131. The highest BCUT2D eigenvalue weighted by atomic mass is 19.3. The molecule has 0 aromatic heterocycles. The highest BCUT2D eigenvalue weighted by Gasteiger charge is 2.22. The second-order valence-corrected chi connectivity index (χ2v) is 4.65. The van der Waals surface area contributed by atoms with Crippen molar-refractivity contribution in [3.63, 3.8) is 0 Å². The lowest BCUT2D eigenvalue weighted by Gasteiger charge is -2.17. The minimum atomic E-state index is -3.15. The van der Waals surface area contributed by atoms with Gasteiger partial charge in [0.1, 0.15) is 0 Å². The van der Waals surface area contributed by atoms with Crippen molar-refractivity contribution in [2.75, 3.05) is 20.7 Å².